The van der Waals surface area contributed by atoms with Gasteiger partial charge in [0.2, 0.25) is 0 Å². The predicted octanol–water partition coefficient (Wildman–Crippen LogP) is 3.74. The van der Waals surface area contributed by atoms with Crippen molar-refractivity contribution in [2.75, 3.05) is 13.1 Å². The fourth-order valence-corrected chi connectivity index (χ4v) is 3.44. The van der Waals surface area contributed by atoms with Gasteiger partial charge in [0, 0.05) is 35.5 Å². The number of carbonyl (C=O) groups excluding carboxylic acids is 1. The fourth-order valence-electron chi connectivity index (χ4n) is 3.08. The molecule has 20 heavy (non-hydrogen) atoms. The van der Waals surface area contributed by atoms with Gasteiger partial charge >= 0.3 is 0 Å². The van der Waals surface area contributed by atoms with Crippen LogP contribution in [0.5, 0.6) is 0 Å². The average Bonchev–Trinajstić information content (AvgIpc) is 2.71. The number of unbranched alkanes of at least 4 members (excludes halogenated alkanes) is 1. The maximum absolute atomic E-state index is 12.7. The molecule has 0 atom stereocenters. The molecule has 0 bridgehead atoms. The number of nitrogens with zero attached hydrogens (tertiary/aromatic N) is 2. The lowest BCUT2D eigenvalue weighted by molar-refractivity contribution is 0.0728. The van der Waals surface area contributed by atoms with Gasteiger partial charge in [-0.3, -0.25) is 4.79 Å². The quantitative estimate of drug-likeness (QED) is 0.839. The number of aromatic nitrogens is 1. The van der Waals surface area contributed by atoms with E-state index in [1.54, 1.807) is 0 Å². The standard InChI is InChI=1S/C16H19BrN2O/c1-3-4-8-19-9-7-12-13-10-11(17)5-6-14(13)18(2)15(12)16(19)20/h5-6,10H,3-4,7-9H2,1-2H3. The van der Waals surface area contributed by atoms with E-state index in [4.69, 9.17) is 0 Å². The third-order valence-electron chi connectivity index (χ3n) is 4.17. The highest BCUT2D eigenvalue weighted by Gasteiger charge is 2.29. The summed E-state index contributed by atoms with van der Waals surface area (Å²) in [5.41, 5.74) is 3.23. The zero-order valence-corrected chi connectivity index (χ0v) is 13.5. The normalized spacial score (nSPS) is 14.9. The lowest BCUT2D eigenvalue weighted by Crippen LogP contribution is -2.39. The van der Waals surface area contributed by atoms with E-state index >= 15 is 0 Å². The van der Waals surface area contributed by atoms with Crippen molar-refractivity contribution in [3.05, 3.63) is 33.9 Å². The first-order chi connectivity index (χ1) is 9.63. The van der Waals surface area contributed by atoms with Crippen LogP contribution in [0.3, 0.4) is 0 Å². The SMILES string of the molecule is CCCCN1CCc2c(n(C)c3ccc(Br)cc23)C1=O. The lowest BCUT2D eigenvalue weighted by atomic mass is 10.0. The molecule has 1 aliphatic rings. The van der Waals surface area contributed by atoms with Gasteiger partial charge in [-0.2, -0.15) is 0 Å². The first kappa shape index (κ1) is 13.7. The largest absolute Gasteiger partial charge is 0.339 e. The van der Waals surface area contributed by atoms with Crippen LogP contribution in [0.2, 0.25) is 0 Å². The van der Waals surface area contributed by atoms with Gasteiger partial charge in [0.1, 0.15) is 5.69 Å². The summed E-state index contributed by atoms with van der Waals surface area (Å²) in [6.45, 7) is 3.88. The Balaban J connectivity index is 2.09. The molecule has 3 rings (SSSR count). The van der Waals surface area contributed by atoms with E-state index in [1.165, 1.54) is 10.9 Å². The minimum Gasteiger partial charge on any atom is -0.339 e. The van der Waals surface area contributed by atoms with Crippen molar-refractivity contribution in [1.82, 2.24) is 9.47 Å². The Morgan fingerprint density at radius 1 is 1.35 bits per heavy atom. The van der Waals surface area contributed by atoms with Crippen molar-refractivity contribution >= 4 is 32.7 Å². The Bertz CT molecular complexity index is 675. The molecule has 0 spiro atoms. The van der Waals surface area contributed by atoms with E-state index < -0.39 is 0 Å². The summed E-state index contributed by atoms with van der Waals surface area (Å²) in [5.74, 6) is 0.189. The molecule has 0 aliphatic carbocycles. The molecule has 1 aliphatic heterocycles. The summed E-state index contributed by atoms with van der Waals surface area (Å²) in [6.07, 6.45) is 3.16. The third-order valence-corrected chi connectivity index (χ3v) is 4.66. The number of aryl methyl sites for hydroxylation is 1. The van der Waals surface area contributed by atoms with Crippen molar-refractivity contribution in [1.29, 1.82) is 0 Å². The topological polar surface area (TPSA) is 25.2 Å². The first-order valence-corrected chi connectivity index (χ1v) is 7.99. The number of fused-ring (bicyclic) bond motifs is 3. The molecule has 4 heteroatoms. The minimum absolute atomic E-state index is 0.189. The Kier molecular flexibility index (Phi) is 3.59. The van der Waals surface area contributed by atoms with E-state index in [1.807, 2.05) is 18.0 Å². The molecule has 1 aromatic carbocycles. The molecule has 1 amide bonds. The molecule has 106 valence electrons. The van der Waals surface area contributed by atoms with Gasteiger partial charge in [-0.25, -0.2) is 0 Å². The second kappa shape index (κ2) is 5.24. The van der Waals surface area contributed by atoms with Crippen LogP contribution in [0, 0.1) is 0 Å². The Hall–Kier alpha value is -1.29. The zero-order chi connectivity index (χ0) is 14.3. The summed E-state index contributed by atoms with van der Waals surface area (Å²) >= 11 is 3.53. The summed E-state index contributed by atoms with van der Waals surface area (Å²) in [6, 6.07) is 6.25. The summed E-state index contributed by atoms with van der Waals surface area (Å²) in [7, 11) is 2.00. The number of carbonyl (C=O) groups is 1. The lowest BCUT2D eigenvalue weighted by Gasteiger charge is -2.27. The summed E-state index contributed by atoms with van der Waals surface area (Å²) < 4.78 is 3.12. The minimum atomic E-state index is 0.189. The molecular formula is C16H19BrN2O. The maximum Gasteiger partial charge on any atom is 0.270 e. The average molecular weight is 335 g/mol. The number of hydrogen-bond acceptors (Lipinski definition) is 1. The smallest absolute Gasteiger partial charge is 0.270 e. The van der Waals surface area contributed by atoms with Crippen LogP contribution < -0.4 is 0 Å². The number of halogens is 1. The van der Waals surface area contributed by atoms with E-state index in [-0.39, 0.29) is 5.91 Å². The molecule has 0 saturated carbocycles. The molecule has 2 heterocycles. The fraction of sp³-hybridized carbons (Fsp3) is 0.438. The zero-order valence-electron chi connectivity index (χ0n) is 11.9. The highest BCUT2D eigenvalue weighted by Crippen LogP contribution is 2.31. The Morgan fingerprint density at radius 2 is 2.15 bits per heavy atom. The van der Waals surface area contributed by atoms with E-state index in [9.17, 15) is 4.79 Å². The Labute approximate surface area is 127 Å². The van der Waals surface area contributed by atoms with Gasteiger partial charge in [-0.1, -0.05) is 29.3 Å². The number of hydrogen-bond donors (Lipinski definition) is 0. The predicted molar refractivity (Wildman–Crippen MR) is 85.1 cm³/mol. The summed E-state index contributed by atoms with van der Waals surface area (Å²) in [5, 5.41) is 1.21. The van der Waals surface area contributed by atoms with E-state index in [0.29, 0.717) is 0 Å². The van der Waals surface area contributed by atoms with Gasteiger partial charge in [0.25, 0.3) is 5.91 Å². The molecule has 3 nitrogen and oxygen atoms in total. The van der Waals surface area contributed by atoms with Gasteiger partial charge in [-0.15, -0.1) is 0 Å². The van der Waals surface area contributed by atoms with Crippen LogP contribution in [-0.2, 0) is 13.5 Å². The van der Waals surface area contributed by atoms with Crippen molar-refractivity contribution < 1.29 is 4.79 Å². The summed E-state index contributed by atoms with van der Waals surface area (Å²) in [4.78, 5) is 14.7. The van der Waals surface area contributed by atoms with E-state index in [0.717, 1.165) is 48.0 Å². The molecular weight excluding hydrogens is 316 g/mol. The van der Waals surface area contributed by atoms with Crippen LogP contribution in [0.4, 0.5) is 0 Å². The molecule has 0 radical (unpaired) electrons. The van der Waals surface area contributed by atoms with E-state index in [2.05, 4.69) is 39.6 Å². The molecule has 0 fully saturated rings. The van der Waals surface area contributed by atoms with Crippen LogP contribution in [0.15, 0.2) is 22.7 Å². The van der Waals surface area contributed by atoms with Crippen LogP contribution in [0.25, 0.3) is 10.9 Å². The van der Waals surface area contributed by atoms with Crippen molar-refractivity contribution in [3.63, 3.8) is 0 Å². The van der Waals surface area contributed by atoms with Crippen molar-refractivity contribution in [2.24, 2.45) is 7.05 Å². The first-order valence-electron chi connectivity index (χ1n) is 7.19. The van der Waals surface area contributed by atoms with Gasteiger partial charge < -0.3 is 9.47 Å². The second-order valence-corrected chi connectivity index (χ2v) is 6.36. The highest BCUT2D eigenvalue weighted by atomic mass is 79.9. The molecule has 2 aromatic rings. The van der Waals surface area contributed by atoms with Crippen LogP contribution in [-0.4, -0.2) is 28.5 Å². The Morgan fingerprint density at radius 3 is 2.90 bits per heavy atom. The third kappa shape index (κ3) is 2.06. The molecule has 0 unspecified atom stereocenters. The van der Waals surface area contributed by atoms with Crippen molar-refractivity contribution in [3.8, 4) is 0 Å². The van der Waals surface area contributed by atoms with Crippen LogP contribution in [0.1, 0.15) is 35.8 Å². The number of amides is 1. The van der Waals surface area contributed by atoms with Gasteiger partial charge in [0.05, 0.1) is 0 Å². The number of rotatable bonds is 3. The molecule has 0 N–H and O–H groups in total. The monoisotopic (exact) mass is 334 g/mol. The second-order valence-electron chi connectivity index (χ2n) is 5.44. The van der Waals surface area contributed by atoms with Crippen molar-refractivity contribution in [2.45, 2.75) is 26.2 Å². The maximum atomic E-state index is 12.7. The molecule has 0 saturated heterocycles. The van der Waals surface area contributed by atoms with Gasteiger partial charge in [0.15, 0.2) is 0 Å². The molecule has 1 aromatic heterocycles. The highest BCUT2D eigenvalue weighted by molar-refractivity contribution is 9.10. The number of benzene rings is 1. The van der Waals surface area contributed by atoms with Gasteiger partial charge in [-0.05, 0) is 36.6 Å². The van der Waals surface area contributed by atoms with Crippen LogP contribution >= 0.6 is 15.9 Å².